The minimum absolute atomic E-state index is 0.0893. The second kappa shape index (κ2) is 6.29. The lowest BCUT2D eigenvalue weighted by Crippen LogP contribution is -2.34. The Hall–Kier alpha value is -2.73. The fraction of sp³-hybridized carbons (Fsp3) is 0.263. The van der Waals surface area contributed by atoms with Gasteiger partial charge in [-0.1, -0.05) is 30.3 Å². The molecular weight excluding hydrogens is 321 g/mol. The Morgan fingerprint density at radius 1 is 1.24 bits per heavy atom. The van der Waals surface area contributed by atoms with Gasteiger partial charge in [-0.3, -0.25) is 9.48 Å². The van der Waals surface area contributed by atoms with E-state index in [0.717, 1.165) is 10.9 Å². The van der Waals surface area contributed by atoms with Crippen molar-refractivity contribution >= 4 is 16.8 Å². The van der Waals surface area contributed by atoms with Gasteiger partial charge in [0.25, 0.3) is 0 Å². The second-order valence-electron chi connectivity index (χ2n) is 6.37. The highest BCUT2D eigenvalue weighted by Gasteiger charge is 2.35. The molecule has 3 aromatic rings. The number of carbonyl (C=O) groups is 1. The maximum absolute atomic E-state index is 13.5. The van der Waals surface area contributed by atoms with Crippen molar-refractivity contribution in [3.8, 4) is 0 Å². The van der Waals surface area contributed by atoms with Crippen molar-refractivity contribution in [1.29, 1.82) is 0 Å². The summed E-state index contributed by atoms with van der Waals surface area (Å²) >= 11 is 0. The molecule has 1 saturated heterocycles. The Morgan fingerprint density at radius 2 is 2.08 bits per heavy atom. The van der Waals surface area contributed by atoms with Crippen LogP contribution in [0, 0.1) is 5.82 Å². The summed E-state index contributed by atoms with van der Waals surface area (Å²) in [6, 6.07) is 13.6. The summed E-state index contributed by atoms with van der Waals surface area (Å²) in [5.41, 5.74) is 1.59. The number of nitrogens with zero attached hydrogens (tertiary/aromatic N) is 3. The average Bonchev–Trinajstić information content (AvgIpc) is 3.19. The number of rotatable bonds is 3. The van der Waals surface area contributed by atoms with E-state index in [4.69, 9.17) is 0 Å². The SMILES string of the molecule is O=C(Cn1ncc2ccccc21)N1C[C@H](O)C[C@@H]1c1cccc(F)c1. The molecule has 1 aliphatic heterocycles. The van der Waals surface area contributed by atoms with Crippen LogP contribution in [0.5, 0.6) is 0 Å². The number of carbonyl (C=O) groups excluding carboxylic acids is 1. The number of hydrogen-bond donors (Lipinski definition) is 1. The van der Waals surface area contributed by atoms with Crippen molar-refractivity contribution in [3.05, 3.63) is 66.1 Å². The number of hydrogen-bond acceptors (Lipinski definition) is 3. The van der Waals surface area contributed by atoms with Crippen molar-refractivity contribution < 1.29 is 14.3 Å². The minimum Gasteiger partial charge on any atom is -0.391 e. The Balaban J connectivity index is 1.59. The molecule has 0 spiro atoms. The standard InChI is InChI=1S/C19H18FN3O2/c20-15-6-3-5-13(8-15)18-9-16(24)11-22(18)19(25)12-23-17-7-2-1-4-14(17)10-21-23/h1-8,10,16,18,24H,9,11-12H2/t16-,18-/m1/s1. The molecule has 1 fully saturated rings. The third kappa shape index (κ3) is 3.00. The number of aliphatic hydroxyl groups excluding tert-OH is 1. The van der Waals surface area contributed by atoms with Gasteiger partial charge in [0.15, 0.2) is 0 Å². The number of benzene rings is 2. The van der Waals surface area contributed by atoms with E-state index in [1.807, 2.05) is 24.3 Å². The van der Waals surface area contributed by atoms with E-state index in [9.17, 15) is 14.3 Å². The molecule has 6 heteroatoms. The molecular formula is C19H18FN3O2. The summed E-state index contributed by atoms with van der Waals surface area (Å²) in [5.74, 6) is -0.482. The summed E-state index contributed by atoms with van der Waals surface area (Å²) in [4.78, 5) is 14.5. The predicted octanol–water partition coefficient (Wildman–Crippen LogP) is 2.51. The topological polar surface area (TPSA) is 58.4 Å². The summed E-state index contributed by atoms with van der Waals surface area (Å²) in [5, 5.41) is 15.3. The van der Waals surface area contributed by atoms with Crippen molar-refractivity contribution in [2.75, 3.05) is 6.54 Å². The lowest BCUT2D eigenvalue weighted by atomic mass is 10.0. The molecule has 0 saturated carbocycles. The van der Waals surface area contributed by atoms with Gasteiger partial charge in [-0.2, -0.15) is 5.10 Å². The normalized spacial score (nSPS) is 20.3. The lowest BCUT2D eigenvalue weighted by molar-refractivity contribution is -0.133. The molecule has 128 valence electrons. The molecule has 5 nitrogen and oxygen atoms in total. The molecule has 1 aliphatic rings. The van der Waals surface area contributed by atoms with Crippen LogP contribution in [0.4, 0.5) is 4.39 Å². The molecule has 1 amide bonds. The van der Waals surface area contributed by atoms with E-state index < -0.39 is 6.10 Å². The van der Waals surface area contributed by atoms with Crippen molar-refractivity contribution in [1.82, 2.24) is 14.7 Å². The highest BCUT2D eigenvalue weighted by atomic mass is 19.1. The van der Waals surface area contributed by atoms with Crippen LogP contribution in [0.25, 0.3) is 10.9 Å². The van der Waals surface area contributed by atoms with Gasteiger partial charge in [0, 0.05) is 11.9 Å². The van der Waals surface area contributed by atoms with Gasteiger partial charge in [0.1, 0.15) is 12.4 Å². The first-order valence-electron chi connectivity index (χ1n) is 8.25. The van der Waals surface area contributed by atoms with Crippen LogP contribution in [0.3, 0.4) is 0 Å². The second-order valence-corrected chi connectivity index (χ2v) is 6.37. The zero-order valence-electron chi connectivity index (χ0n) is 13.5. The molecule has 25 heavy (non-hydrogen) atoms. The summed E-state index contributed by atoms with van der Waals surface area (Å²) in [6.07, 6.45) is 1.53. The minimum atomic E-state index is -0.605. The quantitative estimate of drug-likeness (QED) is 0.798. The summed E-state index contributed by atoms with van der Waals surface area (Å²) in [7, 11) is 0. The Kier molecular flexibility index (Phi) is 3.97. The van der Waals surface area contributed by atoms with E-state index >= 15 is 0 Å². The number of amides is 1. The third-order valence-electron chi connectivity index (χ3n) is 4.67. The first kappa shape index (κ1) is 15.8. The monoisotopic (exact) mass is 339 g/mol. The van der Waals surface area contributed by atoms with Gasteiger partial charge in [0.05, 0.1) is 23.9 Å². The number of β-amino-alcohol motifs (C(OH)–C–C–N with tert-alkyl or cyclic N) is 1. The fourth-order valence-corrected chi connectivity index (χ4v) is 3.49. The van der Waals surface area contributed by atoms with Crippen molar-refractivity contribution in [2.24, 2.45) is 0 Å². The van der Waals surface area contributed by atoms with Crippen LogP contribution < -0.4 is 0 Å². The number of fused-ring (bicyclic) bond motifs is 1. The van der Waals surface area contributed by atoms with Crippen molar-refractivity contribution in [2.45, 2.75) is 25.1 Å². The van der Waals surface area contributed by atoms with E-state index in [-0.39, 0.29) is 30.9 Å². The van der Waals surface area contributed by atoms with Gasteiger partial charge >= 0.3 is 0 Å². The molecule has 0 radical (unpaired) electrons. The number of aliphatic hydroxyl groups is 1. The van der Waals surface area contributed by atoms with Crippen LogP contribution in [-0.4, -0.2) is 38.3 Å². The van der Waals surface area contributed by atoms with Gasteiger partial charge in [-0.25, -0.2) is 4.39 Å². The van der Waals surface area contributed by atoms with Crippen molar-refractivity contribution in [3.63, 3.8) is 0 Å². The van der Waals surface area contributed by atoms with Crippen LogP contribution in [0.1, 0.15) is 18.0 Å². The lowest BCUT2D eigenvalue weighted by Gasteiger charge is -2.25. The Labute approximate surface area is 144 Å². The van der Waals surface area contributed by atoms with Gasteiger partial charge in [-0.15, -0.1) is 0 Å². The maximum Gasteiger partial charge on any atom is 0.244 e. The number of para-hydroxylation sites is 1. The third-order valence-corrected chi connectivity index (χ3v) is 4.67. The van der Waals surface area contributed by atoms with Gasteiger partial charge in [-0.05, 0) is 30.2 Å². The Bertz CT molecular complexity index is 924. The average molecular weight is 339 g/mol. The van der Waals surface area contributed by atoms with Crippen LogP contribution in [-0.2, 0) is 11.3 Å². The first-order chi connectivity index (χ1) is 12.1. The van der Waals surface area contributed by atoms with Gasteiger partial charge in [0.2, 0.25) is 5.91 Å². The molecule has 0 aliphatic carbocycles. The highest BCUT2D eigenvalue weighted by Crippen LogP contribution is 2.32. The molecule has 4 rings (SSSR count). The molecule has 2 heterocycles. The van der Waals surface area contributed by atoms with Crippen LogP contribution in [0.2, 0.25) is 0 Å². The molecule has 0 bridgehead atoms. The van der Waals surface area contributed by atoms with Crippen LogP contribution >= 0.6 is 0 Å². The van der Waals surface area contributed by atoms with E-state index in [0.29, 0.717) is 12.0 Å². The molecule has 2 atom stereocenters. The molecule has 1 N–H and O–H groups in total. The number of likely N-dealkylation sites (tertiary alicyclic amines) is 1. The smallest absolute Gasteiger partial charge is 0.244 e. The molecule has 0 unspecified atom stereocenters. The maximum atomic E-state index is 13.5. The molecule has 2 aromatic carbocycles. The number of aromatic nitrogens is 2. The largest absolute Gasteiger partial charge is 0.391 e. The van der Waals surface area contributed by atoms with E-state index in [1.54, 1.807) is 27.9 Å². The number of halogens is 1. The molecule has 1 aromatic heterocycles. The first-order valence-corrected chi connectivity index (χ1v) is 8.25. The zero-order chi connectivity index (χ0) is 17.4. The van der Waals surface area contributed by atoms with E-state index in [2.05, 4.69) is 5.10 Å². The van der Waals surface area contributed by atoms with Crippen LogP contribution in [0.15, 0.2) is 54.7 Å². The fourth-order valence-electron chi connectivity index (χ4n) is 3.49. The van der Waals surface area contributed by atoms with Gasteiger partial charge < -0.3 is 10.0 Å². The predicted molar refractivity (Wildman–Crippen MR) is 91.2 cm³/mol. The zero-order valence-corrected chi connectivity index (χ0v) is 13.5. The Morgan fingerprint density at radius 3 is 2.92 bits per heavy atom. The van der Waals surface area contributed by atoms with E-state index in [1.165, 1.54) is 12.1 Å². The highest BCUT2D eigenvalue weighted by molar-refractivity contribution is 5.82. The summed E-state index contributed by atoms with van der Waals surface area (Å²) < 4.78 is 15.2. The summed E-state index contributed by atoms with van der Waals surface area (Å²) in [6.45, 7) is 0.339.